The fourth-order valence-electron chi connectivity index (χ4n) is 1.91. The predicted octanol–water partition coefficient (Wildman–Crippen LogP) is 4.39. The molecule has 0 unspecified atom stereocenters. The number of hydrogen-bond acceptors (Lipinski definition) is 1. The number of carbonyl (C=O) groups excluding carboxylic acids is 1. The molecule has 108 valence electrons. The Balaban J connectivity index is 4.83. The number of nitrogens with one attached hydrogen (secondary N) is 1. The Hall–Kier alpha value is -0.530. The van der Waals surface area contributed by atoms with E-state index in [1.54, 1.807) is 0 Å². The SMILES string of the molecule is CC(C)(CC(C)(C)C(C)(C)C)NC(=O)C(C)(C)C. The first-order chi connectivity index (χ1) is 7.58. The van der Waals surface area contributed by atoms with Gasteiger partial charge in [-0.05, 0) is 31.1 Å². The molecule has 0 rings (SSSR count). The molecule has 2 nitrogen and oxygen atoms in total. The van der Waals surface area contributed by atoms with Crippen LogP contribution < -0.4 is 5.32 Å². The Morgan fingerprint density at radius 2 is 1.22 bits per heavy atom. The van der Waals surface area contributed by atoms with Crippen LogP contribution in [0.15, 0.2) is 0 Å². The Morgan fingerprint density at radius 3 is 1.50 bits per heavy atom. The third-order valence-corrected chi connectivity index (χ3v) is 4.05. The van der Waals surface area contributed by atoms with E-state index in [0.717, 1.165) is 6.42 Å². The zero-order chi connectivity index (χ0) is 15.0. The molecule has 0 aliphatic rings. The molecule has 0 spiro atoms. The minimum atomic E-state index is -0.330. The smallest absolute Gasteiger partial charge is 0.225 e. The van der Waals surface area contributed by atoms with E-state index in [1.165, 1.54) is 0 Å². The third kappa shape index (κ3) is 4.99. The van der Waals surface area contributed by atoms with Crippen LogP contribution >= 0.6 is 0 Å². The van der Waals surface area contributed by atoms with Crippen LogP contribution in [0.4, 0.5) is 0 Å². The van der Waals surface area contributed by atoms with Crippen molar-refractivity contribution in [1.29, 1.82) is 0 Å². The van der Waals surface area contributed by atoms with Crippen molar-refractivity contribution in [2.45, 2.75) is 81.2 Å². The minimum Gasteiger partial charge on any atom is -0.351 e. The predicted molar refractivity (Wildman–Crippen MR) is 79.5 cm³/mol. The van der Waals surface area contributed by atoms with Gasteiger partial charge in [-0.15, -0.1) is 0 Å². The average molecular weight is 255 g/mol. The molecule has 0 aromatic heterocycles. The van der Waals surface area contributed by atoms with Crippen LogP contribution in [0, 0.1) is 16.2 Å². The number of amides is 1. The molecule has 1 N–H and O–H groups in total. The molecule has 0 saturated heterocycles. The maximum Gasteiger partial charge on any atom is 0.225 e. The van der Waals surface area contributed by atoms with Gasteiger partial charge in [0.1, 0.15) is 0 Å². The van der Waals surface area contributed by atoms with Crippen molar-refractivity contribution in [3.8, 4) is 0 Å². The lowest BCUT2D eigenvalue weighted by Gasteiger charge is -2.45. The highest BCUT2D eigenvalue weighted by Crippen LogP contribution is 2.43. The molecule has 0 atom stereocenters. The molecule has 18 heavy (non-hydrogen) atoms. The van der Waals surface area contributed by atoms with Crippen LogP contribution in [0.2, 0.25) is 0 Å². The van der Waals surface area contributed by atoms with E-state index in [1.807, 2.05) is 20.8 Å². The second-order valence-electron chi connectivity index (χ2n) is 8.90. The van der Waals surface area contributed by atoms with Gasteiger partial charge in [0.15, 0.2) is 0 Å². The summed E-state index contributed by atoms with van der Waals surface area (Å²) in [4.78, 5) is 12.1. The van der Waals surface area contributed by atoms with Crippen molar-refractivity contribution in [1.82, 2.24) is 5.32 Å². The molecule has 0 heterocycles. The van der Waals surface area contributed by atoms with Crippen molar-refractivity contribution in [3.05, 3.63) is 0 Å². The molecule has 0 bridgehead atoms. The van der Waals surface area contributed by atoms with Crippen molar-refractivity contribution in [2.24, 2.45) is 16.2 Å². The summed E-state index contributed by atoms with van der Waals surface area (Å²) in [5.74, 6) is 0.122. The van der Waals surface area contributed by atoms with Crippen molar-refractivity contribution >= 4 is 5.91 Å². The molecule has 0 aliphatic heterocycles. The third-order valence-electron chi connectivity index (χ3n) is 4.05. The van der Waals surface area contributed by atoms with E-state index in [0.29, 0.717) is 0 Å². The normalized spacial score (nSPS) is 14.6. The van der Waals surface area contributed by atoms with Gasteiger partial charge in [-0.1, -0.05) is 55.4 Å². The lowest BCUT2D eigenvalue weighted by Crippen LogP contribution is -2.51. The lowest BCUT2D eigenvalue weighted by atomic mass is 9.64. The first-order valence-corrected chi connectivity index (χ1v) is 6.91. The van der Waals surface area contributed by atoms with E-state index in [-0.39, 0.29) is 27.7 Å². The maximum absolute atomic E-state index is 12.1. The van der Waals surface area contributed by atoms with Gasteiger partial charge in [0.2, 0.25) is 5.91 Å². The van der Waals surface area contributed by atoms with E-state index in [9.17, 15) is 4.79 Å². The topological polar surface area (TPSA) is 29.1 Å². The molecule has 0 radical (unpaired) electrons. The van der Waals surface area contributed by atoms with Crippen LogP contribution in [-0.2, 0) is 4.79 Å². The first kappa shape index (κ1) is 17.5. The summed E-state index contributed by atoms with van der Waals surface area (Å²) >= 11 is 0. The van der Waals surface area contributed by atoms with Crippen LogP contribution in [0.1, 0.15) is 75.7 Å². The summed E-state index contributed by atoms with van der Waals surface area (Å²) in [6.07, 6.45) is 0.964. The summed E-state index contributed by atoms with van der Waals surface area (Å²) in [5.41, 5.74) is -0.122. The Labute approximate surface area is 114 Å². The summed E-state index contributed by atoms with van der Waals surface area (Å²) in [5, 5.41) is 3.19. The summed E-state index contributed by atoms with van der Waals surface area (Å²) in [7, 11) is 0. The first-order valence-electron chi connectivity index (χ1n) is 6.91. The second kappa shape index (κ2) is 4.86. The quantitative estimate of drug-likeness (QED) is 0.796. The van der Waals surface area contributed by atoms with Gasteiger partial charge in [0, 0.05) is 11.0 Å². The zero-order valence-electron chi connectivity index (χ0n) is 14.1. The van der Waals surface area contributed by atoms with Crippen LogP contribution in [0.5, 0.6) is 0 Å². The average Bonchev–Trinajstić information content (AvgIpc) is 1.95. The standard InChI is InChI=1S/C16H33NO/c1-13(2,3)12(18)17-16(9,10)11-15(7,8)14(4,5)6/h11H2,1-10H3,(H,17,18). The van der Waals surface area contributed by atoms with Gasteiger partial charge in [0.05, 0.1) is 0 Å². The Kier molecular flexibility index (Phi) is 4.72. The van der Waals surface area contributed by atoms with Gasteiger partial charge >= 0.3 is 0 Å². The summed E-state index contributed by atoms with van der Waals surface area (Å²) < 4.78 is 0. The molecule has 0 saturated carbocycles. The number of rotatable bonds is 3. The second-order valence-corrected chi connectivity index (χ2v) is 8.90. The molecule has 0 fully saturated rings. The van der Waals surface area contributed by atoms with Crippen molar-refractivity contribution in [2.75, 3.05) is 0 Å². The van der Waals surface area contributed by atoms with Gasteiger partial charge in [-0.25, -0.2) is 0 Å². The fourth-order valence-corrected chi connectivity index (χ4v) is 1.91. The Bertz CT molecular complexity index is 300. The van der Waals surface area contributed by atoms with Gasteiger partial charge in [-0.2, -0.15) is 0 Å². The summed E-state index contributed by atoms with van der Waals surface area (Å²) in [6.45, 7) is 21.4. The molecule has 2 heteroatoms. The highest BCUT2D eigenvalue weighted by atomic mass is 16.2. The largest absolute Gasteiger partial charge is 0.351 e. The monoisotopic (exact) mass is 255 g/mol. The number of hydrogen-bond donors (Lipinski definition) is 1. The van der Waals surface area contributed by atoms with Crippen molar-refractivity contribution in [3.63, 3.8) is 0 Å². The Morgan fingerprint density at radius 1 is 0.833 bits per heavy atom. The molecular weight excluding hydrogens is 222 g/mol. The molecule has 1 amide bonds. The molecular formula is C16H33NO. The van der Waals surface area contributed by atoms with E-state index < -0.39 is 0 Å². The van der Waals surface area contributed by atoms with Gasteiger partial charge < -0.3 is 5.32 Å². The van der Waals surface area contributed by atoms with Crippen LogP contribution in [0.25, 0.3) is 0 Å². The van der Waals surface area contributed by atoms with Gasteiger partial charge in [0.25, 0.3) is 0 Å². The van der Waals surface area contributed by atoms with Crippen LogP contribution in [-0.4, -0.2) is 11.4 Å². The zero-order valence-corrected chi connectivity index (χ0v) is 14.1. The highest BCUT2D eigenvalue weighted by Gasteiger charge is 2.39. The van der Waals surface area contributed by atoms with Gasteiger partial charge in [-0.3, -0.25) is 4.79 Å². The van der Waals surface area contributed by atoms with Crippen LogP contribution in [0.3, 0.4) is 0 Å². The molecule has 0 aromatic rings. The lowest BCUT2D eigenvalue weighted by molar-refractivity contribution is -0.130. The minimum absolute atomic E-state index is 0.122. The fraction of sp³-hybridized carbons (Fsp3) is 0.938. The molecule has 0 aromatic carbocycles. The van der Waals surface area contributed by atoms with E-state index in [4.69, 9.17) is 0 Å². The maximum atomic E-state index is 12.1. The highest BCUT2D eigenvalue weighted by molar-refractivity contribution is 5.82. The van der Waals surface area contributed by atoms with E-state index in [2.05, 4.69) is 53.8 Å². The van der Waals surface area contributed by atoms with Crippen molar-refractivity contribution < 1.29 is 4.79 Å². The molecule has 0 aliphatic carbocycles. The summed E-state index contributed by atoms with van der Waals surface area (Å²) in [6, 6.07) is 0. The van der Waals surface area contributed by atoms with E-state index >= 15 is 0 Å². The number of carbonyl (C=O) groups is 1.